The molecular weight excluding hydrogens is 276 g/mol. The molecule has 0 bridgehead atoms. The summed E-state index contributed by atoms with van der Waals surface area (Å²) < 4.78 is 0. The van der Waals surface area contributed by atoms with Crippen molar-refractivity contribution in [3.05, 3.63) is 58.7 Å². The number of fused-ring (bicyclic) bond motifs is 3. The molecule has 0 saturated carbocycles. The lowest BCUT2D eigenvalue weighted by Crippen LogP contribution is -2.15. The van der Waals surface area contributed by atoms with Gasteiger partial charge in [-0.05, 0) is 41.2 Å². The van der Waals surface area contributed by atoms with Crippen molar-refractivity contribution in [3.8, 4) is 11.1 Å². The molecule has 3 rings (SSSR count). The Balaban J connectivity index is 0.000000615. The average Bonchev–Trinajstić information content (AvgIpc) is 2.79. The molecule has 0 saturated heterocycles. The van der Waals surface area contributed by atoms with Gasteiger partial charge >= 0.3 is 0 Å². The normalized spacial score (nSPS) is 13.0. The fraction of sp³-hybridized carbons (Fsp3) is 0.478. The predicted molar refractivity (Wildman–Crippen MR) is 105 cm³/mol. The van der Waals surface area contributed by atoms with E-state index in [1.807, 2.05) is 27.7 Å². The van der Waals surface area contributed by atoms with Crippen molar-refractivity contribution in [2.45, 2.75) is 73.6 Å². The number of hydrogen-bond donors (Lipinski definition) is 0. The molecule has 2 aromatic carbocycles. The minimum absolute atomic E-state index is 0.139. The average molecular weight is 311 g/mol. The molecule has 0 spiro atoms. The van der Waals surface area contributed by atoms with Crippen LogP contribution in [0.15, 0.2) is 36.4 Å². The van der Waals surface area contributed by atoms with Crippen molar-refractivity contribution in [2.75, 3.05) is 0 Å². The highest BCUT2D eigenvalue weighted by Gasteiger charge is 2.35. The van der Waals surface area contributed by atoms with Gasteiger partial charge in [0.15, 0.2) is 0 Å². The molecule has 0 heterocycles. The van der Waals surface area contributed by atoms with Gasteiger partial charge in [0.05, 0.1) is 0 Å². The van der Waals surface area contributed by atoms with Gasteiger partial charge in [-0.1, -0.05) is 96.8 Å². The second-order valence-electron chi connectivity index (χ2n) is 6.30. The van der Waals surface area contributed by atoms with Crippen LogP contribution in [0.3, 0.4) is 0 Å². The van der Waals surface area contributed by atoms with Gasteiger partial charge in [0.25, 0.3) is 0 Å². The van der Waals surface area contributed by atoms with Crippen LogP contribution in [0.4, 0.5) is 0 Å². The van der Waals surface area contributed by atoms with Gasteiger partial charge in [0, 0.05) is 5.41 Å². The van der Waals surface area contributed by atoms with Crippen LogP contribution >= 0.6 is 0 Å². The summed E-state index contributed by atoms with van der Waals surface area (Å²) >= 11 is 0. The van der Waals surface area contributed by atoms with E-state index in [9.17, 15) is 0 Å². The molecule has 1 aliphatic carbocycles. The lowest BCUT2D eigenvalue weighted by molar-refractivity contribution is 0.658. The van der Waals surface area contributed by atoms with Crippen LogP contribution < -0.4 is 0 Å². The molecule has 0 aliphatic heterocycles. The third-order valence-corrected chi connectivity index (χ3v) is 4.43. The highest BCUT2D eigenvalue weighted by molar-refractivity contribution is 5.81. The summed E-state index contributed by atoms with van der Waals surface area (Å²) in [6.45, 7) is 17.1. The predicted octanol–water partition coefficient (Wildman–Crippen LogP) is 7.31. The van der Waals surface area contributed by atoms with Gasteiger partial charge in [-0.15, -0.1) is 0 Å². The van der Waals surface area contributed by atoms with E-state index < -0.39 is 0 Å². The summed E-state index contributed by atoms with van der Waals surface area (Å²) in [5.41, 5.74) is 8.80. The highest BCUT2D eigenvalue weighted by Crippen LogP contribution is 2.49. The van der Waals surface area contributed by atoms with Crippen molar-refractivity contribution in [2.24, 2.45) is 0 Å². The first kappa shape index (κ1) is 19.5. The molecule has 0 unspecified atom stereocenters. The SMILES string of the molecule is CC.CC.CCCc1ccc2c(c1)C(C)(C)c1cc(C)ccc1-2. The summed E-state index contributed by atoms with van der Waals surface area (Å²) in [6, 6.07) is 13.9. The maximum Gasteiger partial charge on any atom is 0.0159 e. The Kier molecular flexibility index (Phi) is 7.06. The number of hydrogen-bond acceptors (Lipinski definition) is 0. The smallest absolute Gasteiger partial charge is 0.0159 e. The molecule has 23 heavy (non-hydrogen) atoms. The molecule has 2 aromatic rings. The Bertz CT molecular complexity index is 632. The van der Waals surface area contributed by atoms with Gasteiger partial charge in [-0.3, -0.25) is 0 Å². The van der Waals surface area contributed by atoms with Crippen LogP contribution in [0.25, 0.3) is 11.1 Å². The fourth-order valence-electron chi connectivity index (χ4n) is 3.34. The first-order chi connectivity index (χ1) is 11.0. The van der Waals surface area contributed by atoms with E-state index in [1.165, 1.54) is 46.2 Å². The quantitative estimate of drug-likeness (QED) is 0.545. The number of aryl methyl sites for hydroxylation is 2. The molecule has 0 amide bonds. The largest absolute Gasteiger partial charge is 0.0683 e. The van der Waals surface area contributed by atoms with Gasteiger partial charge in [-0.25, -0.2) is 0 Å². The zero-order chi connectivity index (χ0) is 17.6. The molecule has 0 aromatic heterocycles. The molecule has 126 valence electrons. The minimum Gasteiger partial charge on any atom is -0.0683 e. The Morgan fingerprint density at radius 1 is 0.783 bits per heavy atom. The Morgan fingerprint density at radius 3 is 1.87 bits per heavy atom. The van der Waals surface area contributed by atoms with E-state index in [0.717, 1.165) is 0 Å². The van der Waals surface area contributed by atoms with Crippen LogP contribution in [0.5, 0.6) is 0 Å². The summed E-state index contributed by atoms with van der Waals surface area (Å²) in [7, 11) is 0. The van der Waals surface area contributed by atoms with Gasteiger partial charge < -0.3 is 0 Å². The molecule has 0 atom stereocenters. The molecular formula is C23H34. The van der Waals surface area contributed by atoms with E-state index in [2.05, 4.69) is 64.1 Å². The van der Waals surface area contributed by atoms with Crippen molar-refractivity contribution in [3.63, 3.8) is 0 Å². The third kappa shape index (κ3) is 3.68. The van der Waals surface area contributed by atoms with E-state index in [1.54, 1.807) is 0 Å². The maximum atomic E-state index is 2.42. The lowest BCUT2D eigenvalue weighted by atomic mass is 9.81. The molecule has 0 heteroatoms. The lowest BCUT2D eigenvalue weighted by Gasteiger charge is -2.22. The summed E-state index contributed by atoms with van der Waals surface area (Å²) in [5, 5.41) is 0. The van der Waals surface area contributed by atoms with Crippen molar-refractivity contribution >= 4 is 0 Å². The fourth-order valence-corrected chi connectivity index (χ4v) is 3.34. The minimum atomic E-state index is 0.139. The molecule has 0 N–H and O–H groups in total. The highest BCUT2D eigenvalue weighted by atomic mass is 14.4. The number of rotatable bonds is 2. The Hall–Kier alpha value is -1.56. The van der Waals surface area contributed by atoms with Crippen LogP contribution in [0, 0.1) is 6.92 Å². The Labute approximate surface area is 144 Å². The van der Waals surface area contributed by atoms with E-state index in [4.69, 9.17) is 0 Å². The van der Waals surface area contributed by atoms with Crippen LogP contribution in [-0.2, 0) is 11.8 Å². The summed E-state index contributed by atoms with van der Waals surface area (Å²) in [6.07, 6.45) is 2.39. The second-order valence-corrected chi connectivity index (χ2v) is 6.30. The topological polar surface area (TPSA) is 0 Å². The van der Waals surface area contributed by atoms with Gasteiger partial charge in [0.1, 0.15) is 0 Å². The van der Waals surface area contributed by atoms with Gasteiger partial charge in [0.2, 0.25) is 0 Å². The standard InChI is InChI=1S/C19H22.2C2H6/c1-5-6-14-8-10-16-15-9-7-13(2)11-17(15)19(3,4)18(16)12-14;2*1-2/h7-12H,5-6H2,1-4H3;2*1-2H3. The second kappa shape index (κ2) is 8.34. The summed E-state index contributed by atoms with van der Waals surface area (Å²) in [5.74, 6) is 0. The molecule has 0 radical (unpaired) electrons. The van der Waals surface area contributed by atoms with E-state index in [0.29, 0.717) is 0 Å². The van der Waals surface area contributed by atoms with Crippen molar-refractivity contribution in [1.29, 1.82) is 0 Å². The molecule has 0 nitrogen and oxygen atoms in total. The summed E-state index contributed by atoms with van der Waals surface area (Å²) in [4.78, 5) is 0. The van der Waals surface area contributed by atoms with Crippen LogP contribution in [0.1, 0.15) is 77.1 Å². The monoisotopic (exact) mass is 310 g/mol. The molecule has 1 aliphatic rings. The zero-order valence-electron chi connectivity index (χ0n) is 16.4. The maximum absolute atomic E-state index is 2.42. The van der Waals surface area contributed by atoms with Crippen LogP contribution in [0.2, 0.25) is 0 Å². The zero-order valence-corrected chi connectivity index (χ0v) is 16.4. The first-order valence-electron chi connectivity index (χ1n) is 9.29. The van der Waals surface area contributed by atoms with E-state index in [-0.39, 0.29) is 5.41 Å². The van der Waals surface area contributed by atoms with Crippen molar-refractivity contribution < 1.29 is 0 Å². The molecule has 0 fully saturated rings. The van der Waals surface area contributed by atoms with Crippen molar-refractivity contribution in [1.82, 2.24) is 0 Å². The number of benzene rings is 2. The van der Waals surface area contributed by atoms with Gasteiger partial charge in [-0.2, -0.15) is 0 Å². The van der Waals surface area contributed by atoms with E-state index >= 15 is 0 Å². The Morgan fingerprint density at radius 2 is 1.30 bits per heavy atom. The third-order valence-electron chi connectivity index (χ3n) is 4.43. The first-order valence-corrected chi connectivity index (χ1v) is 9.29. The van der Waals surface area contributed by atoms with Crippen LogP contribution in [-0.4, -0.2) is 0 Å².